The summed E-state index contributed by atoms with van der Waals surface area (Å²) in [5.41, 5.74) is 17.0. The number of benzene rings is 6. The van der Waals surface area contributed by atoms with E-state index in [4.69, 9.17) is 9.98 Å². The van der Waals surface area contributed by atoms with Crippen molar-refractivity contribution in [3.05, 3.63) is 165 Å². The molecule has 9 rings (SSSR count). The first-order valence-corrected chi connectivity index (χ1v) is 21.9. The molecule has 1 aromatic heterocycles. The van der Waals surface area contributed by atoms with Gasteiger partial charge >= 0.3 is 0 Å². The predicted octanol–water partition coefficient (Wildman–Crippen LogP) is 13.6. The van der Waals surface area contributed by atoms with E-state index in [-0.39, 0.29) is 55.1 Å². The molecule has 1 aliphatic carbocycles. The van der Waals surface area contributed by atoms with Crippen LogP contribution in [0.3, 0.4) is 0 Å². The van der Waals surface area contributed by atoms with Crippen molar-refractivity contribution < 1.29 is 26.2 Å². The molecule has 6 aromatic carbocycles. The number of rotatable bonds is 5. The number of imidazole rings is 1. The molecule has 0 amide bonds. The molecular formula is C56H59N4OPt-. The Hall–Kier alpha value is -5.25. The Morgan fingerprint density at radius 1 is 0.661 bits per heavy atom. The van der Waals surface area contributed by atoms with Crippen molar-refractivity contribution in [2.75, 3.05) is 4.90 Å². The van der Waals surface area contributed by atoms with Gasteiger partial charge in [0.15, 0.2) is 0 Å². The molecule has 2 heterocycles. The Kier molecular flexibility index (Phi) is 10.9. The minimum atomic E-state index is -0.293. The van der Waals surface area contributed by atoms with Gasteiger partial charge in [0.1, 0.15) is 11.6 Å². The molecule has 7 aromatic rings. The maximum atomic E-state index is 12.3. The molecule has 0 spiro atoms. The van der Waals surface area contributed by atoms with Crippen molar-refractivity contribution >= 4 is 22.6 Å². The molecule has 0 unspecified atom stereocenters. The van der Waals surface area contributed by atoms with Crippen LogP contribution < -0.4 is 4.90 Å². The average molecular weight is 999 g/mol. The van der Waals surface area contributed by atoms with Crippen LogP contribution in [0.4, 0.5) is 5.69 Å². The van der Waals surface area contributed by atoms with Crippen molar-refractivity contribution in [1.29, 1.82) is 0 Å². The first kappa shape index (κ1) is 43.4. The SMILES string of the molecule is Cc1cc(C)c(N2C(c3[c-]c(-c4cccc5c4nc(-c4cc(C(C)(C)C)cc(C(C)(C)C)c4O)n5-c4ccc(C(C)(C)C)cc4)ccc3)=N[C@H]3c4ccccc4C[C@H]32)c(C)c1.[Pt]. The predicted molar refractivity (Wildman–Crippen MR) is 255 cm³/mol. The van der Waals surface area contributed by atoms with Crippen molar-refractivity contribution in [3.8, 4) is 34.0 Å². The number of phenols is 1. The summed E-state index contributed by atoms with van der Waals surface area (Å²) >= 11 is 0. The molecule has 1 N–H and O–H groups in total. The van der Waals surface area contributed by atoms with Crippen molar-refractivity contribution in [2.24, 2.45) is 4.99 Å². The number of para-hydroxylation sites is 1. The van der Waals surface area contributed by atoms with Gasteiger partial charge in [-0.3, -0.25) is 9.56 Å². The van der Waals surface area contributed by atoms with Gasteiger partial charge in [-0.15, -0.1) is 29.8 Å². The summed E-state index contributed by atoms with van der Waals surface area (Å²) in [5.74, 6) is 1.93. The summed E-state index contributed by atoms with van der Waals surface area (Å²) in [6.45, 7) is 26.5. The van der Waals surface area contributed by atoms with E-state index in [0.29, 0.717) is 5.82 Å². The van der Waals surface area contributed by atoms with Crippen molar-refractivity contribution in [2.45, 2.75) is 118 Å². The van der Waals surface area contributed by atoms with E-state index < -0.39 is 0 Å². The zero-order chi connectivity index (χ0) is 43.3. The third-order valence-corrected chi connectivity index (χ3v) is 12.9. The van der Waals surface area contributed by atoms with Crippen LogP contribution in [0, 0.1) is 26.8 Å². The number of nitrogens with zero attached hydrogens (tertiary/aromatic N) is 4. The van der Waals surface area contributed by atoms with Crippen LogP contribution in [-0.2, 0) is 43.7 Å². The Morgan fingerprint density at radius 3 is 1.97 bits per heavy atom. The van der Waals surface area contributed by atoms with Gasteiger partial charge in [0.25, 0.3) is 0 Å². The van der Waals surface area contributed by atoms with Crippen LogP contribution >= 0.6 is 0 Å². The first-order valence-electron chi connectivity index (χ1n) is 21.9. The molecule has 0 saturated heterocycles. The minimum Gasteiger partial charge on any atom is -0.507 e. The van der Waals surface area contributed by atoms with Crippen LogP contribution in [0.25, 0.3) is 39.2 Å². The van der Waals surface area contributed by atoms with Crippen LogP contribution in [0.2, 0.25) is 0 Å². The number of amidine groups is 1. The molecule has 320 valence electrons. The second kappa shape index (κ2) is 15.5. The zero-order valence-electron chi connectivity index (χ0n) is 38.3. The summed E-state index contributed by atoms with van der Waals surface area (Å²) in [6, 6.07) is 43.5. The van der Waals surface area contributed by atoms with Gasteiger partial charge in [-0.25, -0.2) is 4.98 Å². The van der Waals surface area contributed by atoms with Crippen molar-refractivity contribution in [1.82, 2.24) is 9.55 Å². The van der Waals surface area contributed by atoms with Gasteiger partial charge in [-0.2, -0.15) is 0 Å². The number of aliphatic imine (C=N–C) groups is 1. The van der Waals surface area contributed by atoms with Gasteiger partial charge in [0.05, 0.1) is 34.5 Å². The largest absolute Gasteiger partial charge is 0.507 e. The Balaban J connectivity index is 0.00000529. The number of aromatic hydroxyl groups is 1. The monoisotopic (exact) mass is 998 g/mol. The first-order chi connectivity index (χ1) is 28.8. The summed E-state index contributed by atoms with van der Waals surface area (Å²) in [7, 11) is 0. The van der Waals surface area contributed by atoms with Crippen LogP contribution in [0.5, 0.6) is 5.75 Å². The molecule has 62 heavy (non-hydrogen) atoms. The Labute approximate surface area is 383 Å². The molecule has 0 fully saturated rings. The fourth-order valence-electron chi connectivity index (χ4n) is 9.75. The van der Waals surface area contributed by atoms with Gasteiger partial charge in [-0.1, -0.05) is 146 Å². The van der Waals surface area contributed by atoms with Gasteiger partial charge < -0.3 is 10.0 Å². The average Bonchev–Trinajstić information content (AvgIpc) is 3.87. The third-order valence-electron chi connectivity index (χ3n) is 12.9. The van der Waals surface area contributed by atoms with Crippen molar-refractivity contribution in [3.63, 3.8) is 0 Å². The summed E-state index contributed by atoms with van der Waals surface area (Å²) in [6.07, 6.45) is 0.941. The number of fused-ring (bicyclic) bond motifs is 4. The maximum absolute atomic E-state index is 12.3. The van der Waals surface area contributed by atoms with E-state index in [9.17, 15) is 5.11 Å². The summed E-state index contributed by atoms with van der Waals surface area (Å²) < 4.78 is 2.23. The van der Waals surface area contributed by atoms with Crippen LogP contribution in [-0.4, -0.2) is 26.5 Å². The quantitative estimate of drug-likeness (QED) is 0.175. The number of phenolic OH excluding ortho intramolecular Hbond substituents is 1. The normalized spacial score (nSPS) is 16.3. The second-order valence-electron chi connectivity index (χ2n) is 20.6. The smallest absolute Gasteiger partial charge is 0.148 e. The molecule has 1 aliphatic heterocycles. The van der Waals surface area contributed by atoms with E-state index in [2.05, 4.69) is 208 Å². The topological polar surface area (TPSA) is 53.6 Å². The Morgan fingerprint density at radius 2 is 1.31 bits per heavy atom. The van der Waals surface area contributed by atoms with Gasteiger partial charge in [-0.05, 0) is 101 Å². The fraction of sp³-hybridized carbons (Fsp3) is 0.321. The molecule has 0 saturated carbocycles. The van der Waals surface area contributed by atoms with Crippen LogP contribution in [0.15, 0.2) is 114 Å². The standard InChI is InChI=1S/C56H59N4O.Pt/c1-33-27-34(2)50(35(3)28-33)60-47-30-37-17-13-14-20-42(37)49(47)57-52(60)38-19-15-18-36(29-38)43-21-16-22-46-48(43)58-53(59(46)41-25-23-39(24-26-41)54(4,5)6)44-31-40(55(7,8)9)32-45(51(44)61)56(10,11)12;/h13-28,31-32,47,49,61H,30H2,1-12H3;/q-1;/t47-,49+;/m1./s1. The molecule has 6 heteroatoms. The van der Waals surface area contributed by atoms with Crippen LogP contribution in [0.1, 0.15) is 118 Å². The minimum absolute atomic E-state index is 0. The molecular weight excluding hydrogens is 940 g/mol. The fourth-order valence-corrected chi connectivity index (χ4v) is 9.75. The second-order valence-corrected chi connectivity index (χ2v) is 20.6. The number of hydrogen-bond acceptors (Lipinski definition) is 4. The number of aryl methyl sites for hydroxylation is 3. The zero-order valence-corrected chi connectivity index (χ0v) is 40.6. The van der Waals surface area contributed by atoms with Gasteiger partial charge in [0.2, 0.25) is 0 Å². The maximum Gasteiger partial charge on any atom is 0.148 e. The number of anilines is 1. The molecule has 5 nitrogen and oxygen atoms in total. The molecule has 0 bridgehead atoms. The summed E-state index contributed by atoms with van der Waals surface area (Å²) in [5, 5.41) is 12.3. The van der Waals surface area contributed by atoms with Gasteiger partial charge in [0, 0.05) is 38.0 Å². The van der Waals surface area contributed by atoms with E-state index in [1.54, 1.807) is 0 Å². The molecule has 0 radical (unpaired) electrons. The Bertz CT molecular complexity index is 2870. The van der Waals surface area contributed by atoms with E-state index in [1.807, 2.05) is 0 Å². The van der Waals surface area contributed by atoms with E-state index >= 15 is 0 Å². The summed E-state index contributed by atoms with van der Waals surface area (Å²) in [4.78, 5) is 13.6. The third kappa shape index (κ3) is 7.45. The molecule has 2 aliphatic rings. The number of hydrogen-bond donors (Lipinski definition) is 1. The van der Waals surface area contributed by atoms with E-state index in [0.717, 1.165) is 62.4 Å². The molecule has 2 atom stereocenters. The number of aromatic nitrogens is 2. The van der Waals surface area contributed by atoms with E-state index in [1.165, 1.54) is 39.1 Å².